The number of benzene rings is 2. The number of hydrogen-bond donors (Lipinski definition) is 1. The Bertz CT molecular complexity index is 1050. The van der Waals surface area contributed by atoms with Crippen molar-refractivity contribution in [3.8, 4) is 5.75 Å². The van der Waals surface area contributed by atoms with Crippen molar-refractivity contribution in [2.45, 2.75) is 31.9 Å². The van der Waals surface area contributed by atoms with Gasteiger partial charge in [0.1, 0.15) is 17.6 Å². The lowest BCUT2D eigenvalue weighted by Gasteiger charge is -2.25. The van der Waals surface area contributed by atoms with Gasteiger partial charge in [-0.3, -0.25) is 9.59 Å². The Kier molecular flexibility index (Phi) is 6.16. The minimum atomic E-state index is -0.673. The van der Waals surface area contributed by atoms with Gasteiger partial charge in [0.15, 0.2) is 0 Å². The van der Waals surface area contributed by atoms with Crippen LogP contribution in [0.15, 0.2) is 52.5 Å². The Morgan fingerprint density at radius 1 is 1.23 bits per heavy atom. The zero-order valence-corrected chi connectivity index (χ0v) is 19.0. The Hall–Kier alpha value is -2.64. The van der Waals surface area contributed by atoms with Crippen molar-refractivity contribution in [2.75, 3.05) is 20.3 Å². The van der Waals surface area contributed by atoms with E-state index >= 15 is 0 Å². The number of carbonyl (C=O) groups is 2. The molecule has 4 rings (SSSR count). The molecule has 2 aliphatic rings. The summed E-state index contributed by atoms with van der Waals surface area (Å²) in [6.45, 7) is 2.81. The molecule has 0 bridgehead atoms. The summed E-state index contributed by atoms with van der Waals surface area (Å²) >= 11 is 3.42. The van der Waals surface area contributed by atoms with E-state index in [1.165, 1.54) is 4.90 Å². The van der Waals surface area contributed by atoms with Gasteiger partial charge in [-0.25, -0.2) is 0 Å². The van der Waals surface area contributed by atoms with E-state index in [2.05, 4.69) is 15.9 Å². The number of methoxy groups -OCH3 is 1. The van der Waals surface area contributed by atoms with Gasteiger partial charge in [-0.1, -0.05) is 28.1 Å². The maximum Gasteiger partial charge on any atom is 0.295 e. The zero-order valence-electron chi connectivity index (χ0n) is 17.4. The summed E-state index contributed by atoms with van der Waals surface area (Å²) < 4.78 is 11.7. The molecule has 0 radical (unpaired) electrons. The lowest BCUT2D eigenvalue weighted by atomic mass is 9.94. The van der Waals surface area contributed by atoms with Crippen LogP contribution in [0.5, 0.6) is 5.75 Å². The number of Topliss-reactive ketones (excluding diaryl/α,β-unsaturated/α-hetero) is 1. The highest BCUT2D eigenvalue weighted by atomic mass is 79.9. The quantitative estimate of drug-likeness (QED) is 0.286. The van der Waals surface area contributed by atoms with Crippen molar-refractivity contribution in [3.63, 3.8) is 0 Å². The van der Waals surface area contributed by atoms with Gasteiger partial charge in [0.25, 0.3) is 11.7 Å². The van der Waals surface area contributed by atoms with Crippen molar-refractivity contribution in [1.82, 2.24) is 4.90 Å². The van der Waals surface area contributed by atoms with E-state index in [-0.39, 0.29) is 17.4 Å². The Morgan fingerprint density at radius 3 is 2.68 bits per heavy atom. The second kappa shape index (κ2) is 8.85. The van der Waals surface area contributed by atoms with E-state index in [1.54, 1.807) is 19.2 Å². The minimum Gasteiger partial charge on any atom is -0.507 e. The average Bonchev–Trinajstić information content (AvgIpc) is 3.25. The Balaban J connectivity index is 1.79. The lowest BCUT2D eigenvalue weighted by Crippen LogP contribution is -2.31. The molecule has 2 heterocycles. The molecule has 31 heavy (non-hydrogen) atoms. The largest absolute Gasteiger partial charge is 0.507 e. The maximum atomic E-state index is 13.0. The number of ether oxygens (including phenoxy) is 2. The van der Waals surface area contributed by atoms with E-state index in [9.17, 15) is 14.7 Å². The molecule has 1 saturated heterocycles. The minimum absolute atomic E-state index is 0.0709. The first-order valence-corrected chi connectivity index (χ1v) is 11.0. The summed E-state index contributed by atoms with van der Waals surface area (Å²) in [6, 6.07) is 12.1. The van der Waals surface area contributed by atoms with Crippen LogP contribution in [0.3, 0.4) is 0 Å². The molecule has 1 fully saturated rings. The number of amides is 1. The highest BCUT2D eigenvalue weighted by Gasteiger charge is 2.45. The van der Waals surface area contributed by atoms with E-state index in [1.807, 2.05) is 37.3 Å². The van der Waals surface area contributed by atoms with Crippen molar-refractivity contribution in [2.24, 2.45) is 0 Å². The van der Waals surface area contributed by atoms with Crippen LogP contribution in [0.1, 0.15) is 36.1 Å². The van der Waals surface area contributed by atoms with Crippen LogP contribution in [0.2, 0.25) is 0 Å². The standard InChI is InChI=1S/C24H24BrNO5/c1-14-12-17-13-16(6-9-19(17)31-14)22(27)20-21(15-4-7-18(25)8-5-15)26(10-3-11-30-2)24(29)23(20)28/h4-9,13-14,21,27H,3,10-12H2,1-2H3/b22-20+. The molecule has 6 nitrogen and oxygen atoms in total. The first-order valence-electron chi connectivity index (χ1n) is 10.2. The lowest BCUT2D eigenvalue weighted by molar-refractivity contribution is -0.140. The number of aliphatic hydroxyl groups is 1. The number of nitrogens with zero attached hydrogens (tertiary/aromatic N) is 1. The van der Waals surface area contributed by atoms with Crippen LogP contribution < -0.4 is 4.74 Å². The highest BCUT2D eigenvalue weighted by molar-refractivity contribution is 9.10. The van der Waals surface area contributed by atoms with Gasteiger partial charge in [0.05, 0.1) is 11.6 Å². The number of aliphatic hydroxyl groups excluding tert-OH is 1. The van der Waals surface area contributed by atoms with Crippen molar-refractivity contribution < 1.29 is 24.2 Å². The molecule has 2 aromatic carbocycles. The fraction of sp³-hybridized carbons (Fsp3) is 0.333. The monoisotopic (exact) mass is 485 g/mol. The molecule has 1 N–H and O–H groups in total. The van der Waals surface area contributed by atoms with Crippen molar-refractivity contribution in [1.29, 1.82) is 0 Å². The smallest absolute Gasteiger partial charge is 0.295 e. The van der Waals surface area contributed by atoms with Crippen LogP contribution >= 0.6 is 15.9 Å². The summed E-state index contributed by atoms with van der Waals surface area (Å²) in [4.78, 5) is 27.4. The second-order valence-corrected chi connectivity index (χ2v) is 8.76. The second-order valence-electron chi connectivity index (χ2n) is 7.85. The Morgan fingerprint density at radius 2 is 1.97 bits per heavy atom. The van der Waals surface area contributed by atoms with Gasteiger partial charge in [0.2, 0.25) is 0 Å². The van der Waals surface area contributed by atoms with E-state index < -0.39 is 17.7 Å². The van der Waals surface area contributed by atoms with Gasteiger partial charge in [0, 0.05) is 36.7 Å². The maximum absolute atomic E-state index is 13.0. The van der Waals surface area contributed by atoms with E-state index in [0.717, 1.165) is 27.8 Å². The molecule has 2 atom stereocenters. The van der Waals surface area contributed by atoms with Crippen LogP contribution in [-0.2, 0) is 20.7 Å². The number of ketones is 1. The molecular formula is C24H24BrNO5. The number of rotatable bonds is 6. The van der Waals surface area contributed by atoms with Crippen molar-refractivity contribution in [3.05, 3.63) is 69.2 Å². The van der Waals surface area contributed by atoms with Gasteiger partial charge < -0.3 is 19.5 Å². The van der Waals surface area contributed by atoms with Crippen LogP contribution in [0.4, 0.5) is 0 Å². The molecule has 0 spiro atoms. The third-order valence-electron chi connectivity index (χ3n) is 5.64. The molecule has 162 valence electrons. The predicted molar refractivity (Wildman–Crippen MR) is 120 cm³/mol. The number of halogens is 1. The first-order chi connectivity index (χ1) is 14.9. The molecule has 0 saturated carbocycles. The van der Waals surface area contributed by atoms with Gasteiger partial charge >= 0.3 is 0 Å². The number of carbonyl (C=O) groups excluding carboxylic acids is 2. The Labute approximate surface area is 189 Å². The molecule has 1 amide bonds. The van der Waals surface area contributed by atoms with E-state index in [0.29, 0.717) is 25.1 Å². The fourth-order valence-corrected chi connectivity index (χ4v) is 4.47. The molecule has 7 heteroatoms. The summed E-state index contributed by atoms with van der Waals surface area (Å²) in [5.41, 5.74) is 2.36. The number of likely N-dealkylation sites (tertiary alicyclic amines) is 1. The van der Waals surface area contributed by atoms with Crippen LogP contribution in [0.25, 0.3) is 5.76 Å². The highest BCUT2D eigenvalue weighted by Crippen LogP contribution is 2.40. The first kappa shape index (κ1) is 21.6. The fourth-order valence-electron chi connectivity index (χ4n) is 4.21. The third-order valence-corrected chi connectivity index (χ3v) is 6.17. The topological polar surface area (TPSA) is 76.1 Å². The molecule has 2 unspecified atom stereocenters. The van der Waals surface area contributed by atoms with Gasteiger partial charge in [-0.05, 0) is 54.8 Å². The summed E-state index contributed by atoms with van der Waals surface area (Å²) in [6.07, 6.45) is 1.39. The molecule has 2 aromatic rings. The molecule has 2 aliphatic heterocycles. The normalized spacial score (nSPS) is 22.0. The molecular weight excluding hydrogens is 462 g/mol. The zero-order chi connectivity index (χ0) is 22.1. The molecule has 0 aliphatic carbocycles. The van der Waals surface area contributed by atoms with E-state index in [4.69, 9.17) is 9.47 Å². The molecule has 0 aromatic heterocycles. The van der Waals surface area contributed by atoms with Crippen LogP contribution in [-0.4, -0.2) is 48.1 Å². The van der Waals surface area contributed by atoms with Crippen LogP contribution in [0, 0.1) is 0 Å². The summed E-state index contributed by atoms with van der Waals surface area (Å²) in [7, 11) is 1.60. The summed E-state index contributed by atoms with van der Waals surface area (Å²) in [5.74, 6) is -0.659. The third kappa shape index (κ3) is 4.12. The number of fused-ring (bicyclic) bond motifs is 1. The number of hydrogen-bond acceptors (Lipinski definition) is 5. The van der Waals surface area contributed by atoms with Gasteiger partial charge in [-0.15, -0.1) is 0 Å². The predicted octanol–water partition coefficient (Wildman–Crippen LogP) is 4.23. The van der Waals surface area contributed by atoms with Crippen molar-refractivity contribution >= 4 is 33.4 Å². The van der Waals surface area contributed by atoms with Gasteiger partial charge in [-0.2, -0.15) is 0 Å². The average molecular weight is 486 g/mol. The summed E-state index contributed by atoms with van der Waals surface area (Å²) in [5, 5.41) is 11.2. The SMILES string of the molecule is COCCCN1C(=O)C(=O)/C(=C(/O)c2ccc3c(c2)CC(C)O3)C1c1ccc(Br)cc1.